The van der Waals surface area contributed by atoms with Gasteiger partial charge in [-0.1, -0.05) is 41.9 Å². The third-order valence-corrected chi connectivity index (χ3v) is 3.40. The van der Waals surface area contributed by atoms with Gasteiger partial charge in [-0.05, 0) is 18.2 Å². The van der Waals surface area contributed by atoms with Crippen LogP contribution < -0.4 is 4.90 Å². The van der Waals surface area contributed by atoms with Crippen LogP contribution in [0.4, 0.5) is 5.69 Å². The van der Waals surface area contributed by atoms with Crippen molar-refractivity contribution in [1.29, 1.82) is 0 Å². The number of fused-ring (bicyclic) bond motifs is 1. The predicted molar refractivity (Wildman–Crippen MR) is 88.9 cm³/mol. The third-order valence-electron chi connectivity index (χ3n) is 3.17. The van der Waals surface area contributed by atoms with Gasteiger partial charge < -0.3 is 4.90 Å². The third kappa shape index (κ3) is 2.82. The Balaban J connectivity index is 0.00000176. The van der Waals surface area contributed by atoms with Gasteiger partial charge in [-0.25, -0.2) is 0 Å². The maximum Gasteiger partial charge on any atom is 0.0741 e. The van der Waals surface area contributed by atoms with Gasteiger partial charge in [0.1, 0.15) is 0 Å². The summed E-state index contributed by atoms with van der Waals surface area (Å²) >= 11 is 6.13. The molecule has 0 fully saturated rings. The van der Waals surface area contributed by atoms with Gasteiger partial charge in [0, 0.05) is 35.4 Å². The highest BCUT2D eigenvalue weighted by Gasteiger charge is 2.17. The lowest BCUT2D eigenvalue weighted by Gasteiger charge is -2.19. The van der Waals surface area contributed by atoms with Gasteiger partial charge in [0.2, 0.25) is 0 Å². The van der Waals surface area contributed by atoms with E-state index < -0.39 is 6.50 Å². The Morgan fingerprint density at radius 2 is 1.95 bits per heavy atom. The van der Waals surface area contributed by atoms with Gasteiger partial charge >= 0.3 is 0 Å². The van der Waals surface area contributed by atoms with Crippen LogP contribution in [-0.4, -0.2) is 25.8 Å². The number of benzene rings is 2. The summed E-state index contributed by atoms with van der Waals surface area (Å²) in [5.74, 6) is 0. The molecule has 0 radical (unpaired) electrons. The number of benzodiazepines with no additional fused rings is 1. The van der Waals surface area contributed by atoms with E-state index in [1.54, 1.807) is 18.0 Å². The van der Waals surface area contributed by atoms with E-state index in [0.717, 1.165) is 22.5 Å². The van der Waals surface area contributed by atoms with Crippen LogP contribution in [0.25, 0.3) is 0 Å². The lowest BCUT2D eigenvalue weighted by Crippen LogP contribution is -2.20. The summed E-state index contributed by atoms with van der Waals surface area (Å²) in [7, 11) is 1.75. The second-order valence-corrected chi connectivity index (χ2v) is 4.85. The first-order chi connectivity index (χ1) is 9.99. The first-order valence-corrected chi connectivity index (χ1v) is 6.50. The van der Waals surface area contributed by atoms with Crippen molar-refractivity contribution in [1.82, 2.24) is 0 Å². The van der Waals surface area contributed by atoms with Crippen LogP contribution in [0.3, 0.4) is 0 Å². The van der Waals surface area contributed by atoms with E-state index in [0.29, 0.717) is 5.02 Å². The standard InChI is InChI=1S/C16H15ClN2.ClH/c1-19-10-9-18-16(12-5-3-2-4-6-12)14-11-13(17)7-8-15(14)19;/h2-8,11H,9-10H2,1H3;1H/i2+1,3+1,4+1,5+1,6+1,10D2,12+1;. The van der Waals surface area contributed by atoms with Gasteiger partial charge in [-0.15, -0.1) is 12.4 Å². The van der Waals surface area contributed by atoms with Crippen LogP contribution in [0.15, 0.2) is 53.5 Å². The monoisotopic (exact) mass is 314 g/mol. The molecule has 3 rings (SSSR count). The average Bonchev–Trinajstić information content (AvgIpc) is 2.56. The Kier molecular flexibility index (Phi) is 3.85. The molecule has 1 aliphatic heterocycles. The smallest absolute Gasteiger partial charge is 0.0741 e. The number of hydrogen-bond donors (Lipinski definition) is 0. The molecule has 0 N–H and O–H groups in total. The zero-order chi connectivity index (χ0) is 15.0. The van der Waals surface area contributed by atoms with E-state index in [1.807, 2.05) is 42.5 Å². The summed E-state index contributed by atoms with van der Waals surface area (Å²) in [6.07, 6.45) is 0. The molecule has 0 aromatic heterocycles. The van der Waals surface area contributed by atoms with E-state index in [4.69, 9.17) is 14.3 Å². The first kappa shape index (κ1) is 12.2. The van der Waals surface area contributed by atoms with Crippen LogP contribution in [-0.2, 0) is 0 Å². The Hall–Kier alpha value is -1.51. The van der Waals surface area contributed by atoms with E-state index in [2.05, 4.69) is 4.99 Å². The molecule has 0 unspecified atom stereocenters. The van der Waals surface area contributed by atoms with Crippen molar-refractivity contribution < 1.29 is 2.74 Å². The number of likely N-dealkylation sites (N-methyl/N-ethyl adjacent to an activating group) is 1. The van der Waals surface area contributed by atoms with Gasteiger partial charge in [0.05, 0.1) is 15.0 Å². The lowest BCUT2D eigenvalue weighted by atomic mass is 10.1. The van der Waals surface area contributed by atoms with E-state index >= 15 is 0 Å². The second-order valence-electron chi connectivity index (χ2n) is 4.41. The fourth-order valence-electron chi connectivity index (χ4n) is 2.22. The zero-order valence-corrected chi connectivity index (χ0v) is 12.6. The van der Waals surface area contributed by atoms with Crippen LogP contribution in [0.5, 0.6) is 0 Å². The topological polar surface area (TPSA) is 15.6 Å². The zero-order valence-electron chi connectivity index (χ0n) is 13.0. The fraction of sp³-hybridized carbons (Fsp3) is 0.188. The number of halogens is 2. The summed E-state index contributed by atoms with van der Waals surface area (Å²) < 4.78 is 16.3. The molecular formula is C16H16Cl2N2. The minimum Gasteiger partial charge on any atom is -0.372 e. The Labute approximate surface area is 133 Å². The Morgan fingerprint density at radius 1 is 1.20 bits per heavy atom. The maximum atomic E-state index is 8.16. The number of anilines is 1. The van der Waals surface area contributed by atoms with Gasteiger partial charge in [-0.2, -0.15) is 0 Å². The van der Waals surface area contributed by atoms with Crippen molar-refractivity contribution in [3.05, 3.63) is 64.7 Å². The Morgan fingerprint density at radius 3 is 2.70 bits per heavy atom. The van der Waals surface area contributed by atoms with Gasteiger partial charge in [0.15, 0.2) is 0 Å². The minimum atomic E-state index is -1.53. The van der Waals surface area contributed by atoms with Gasteiger partial charge in [-0.3, -0.25) is 4.99 Å². The quantitative estimate of drug-likeness (QED) is 0.775. The molecule has 4 heteroatoms. The molecule has 1 heterocycles. The molecule has 0 amide bonds. The summed E-state index contributed by atoms with van der Waals surface area (Å²) in [5, 5.41) is 0.619. The largest absolute Gasteiger partial charge is 0.372 e. The molecule has 104 valence electrons. The minimum absolute atomic E-state index is 0. The highest BCUT2D eigenvalue weighted by Crippen LogP contribution is 2.28. The van der Waals surface area contributed by atoms with Crippen molar-refractivity contribution in [3.63, 3.8) is 0 Å². The summed E-state index contributed by atoms with van der Waals surface area (Å²) in [4.78, 5) is 6.14. The molecule has 0 aliphatic carbocycles. The molecule has 20 heavy (non-hydrogen) atoms. The molecule has 2 nitrogen and oxygen atoms in total. The van der Waals surface area contributed by atoms with Crippen LogP contribution in [0.2, 0.25) is 5.02 Å². The molecule has 1 aliphatic rings. The number of aliphatic imine (C=N–C) groups is 1. The first-order valence-electron chi connectivity index (χ1n) is 7.13. The molecule has 0 saturated carbocycles. The molecule has 0 spiro atoms. The summed E-state index contributed by atoms with van der Waals surface area (Å²) in [6, 6.07) is 15.3. The molecule has 0 bridgehead atoms. The number of hydrogen-bond acceptors (Lipinski definition) is 2. The average molecular weight is 315 g/mol. The van der Waals surface area contributed by atoms with Crippen LogP contribution in [0, 0.1) is 0 Å². The van der Waals surface area contributed by atoms with Crippen molar-refractivity contribution in [2.45, 2.75) is 0 Å². The molecule has 0 atom stereocenters. The second kappa shape index (κ2) is 6.29. The van der Waals surface area contributed by atoms with Crippen LogP contribution >= 0.6 is 24.0 Å². The van der Waals surface area contributed by atoms with Crippen molar-refractivity contribution in [2.24, 2.45) is 4.99 Å². The van der Waals surface area contributed by atoms with E-state index in [1.165, 1.54) is 0 Å². The van der Waals surface area contributed by atoms with Gasteiger partial charge in [0.25, 0.3) is 0 Å². The molecule has 0 saturated heterocycles. The molecule has 2 aromatic carbocycles. The Bertz CT molecular complexity index is 703. The predicted octanol–water partition coefficient (Wildman–Crippen LogP) is 4.05. The molecule has 2 aromatic rings. The van der Waals surface area contributed by atoms with E-state index in [9.17, 15) is 0 Å². The van der Waals surface area contributed by atoms with Crippen molar-refractivity contribution in [2.75, 3.05) is 25.0 Å². The number of rotatable bonds is 1. The fourth-order valence-corrected chi connectivity index (χ4v) is 2.40. The van der Waals surface area contributed by atoms with Crippen LogP contribution in [0.1, 0.15) is 13.9 Å². The normalized spacial score (nSPS) is 17.9. The summed E-state index contributed by atoms with van der Waals surface area (Å²) in [5.41, 5.74) is 3.40. The molecular weight excluding hydrogens is 297 g/mol. The number of nitrogens with zero attached hydrogens (tertiary/aromatic N) is 2. The van der Waals surface area contributed by atoms with E-state index in [-0.39, 0.29) is 19.0 Å². The van der Waals surface area contributed by atoms with Crippen molar-refractivity contribution >= 4 is 35.4 Å². The SMILES string of the molecule is Cl.[2H]C1([2H])CN=C([13c]2[13cH][13cH][13cH][13cH][13cH]2)c2cc(Cl)ccc2N1C. The lowest BCUT2D eigenvalue weighted by molar-refractivity contribution is 0.896. The van der Waals surface area contributed by atoms with Crippen molar-refractivity contribution in [3.8, 4) is 0 Å². The maximum absolute atomic E-state index is 8.16. The summed E-state index contributed by atoms with van der Waals surface area (Å²) in [6.45, 7) is -1.45. The highest BCUT2D eigenvalue weighted by atomic mass is 35.5. The highest BCUT2D eigenvalue weighted by molar-refractivity contribution is 6.31.